The lowest BCUT2D eigenvalue weighted by molar-refractivity contribution is 0.0793. The molecule has 1 aromatic heterocycles. The molecule has 1 aliphatic heterocycles. The molecule has 0 amide bonds. The fraction of sp³-hybridized carbons (Fsp3) is 0.824. The van der Waals surface area contributed by atoms with Gasteiger partial charge in [-0.2, -0.15) is 0 Å². The van der Waals surface area contributed by atoms with Gasteiger partial charge in [-0.05, 0) is 32.1 Å². The van der Waals surface area contributed by atoms with Crippen LogP contribution in [0.3, 0.4) is 0 Å². The molecule has 0 bridgehead atoms. The highest BCUT2D eigenvalue weighted by molar-refractivity contribution is 5.04. The first-order chi connectivity index (χ1) is 10.3. The van der Waals surface area contributed by atoms with Gasteiger partial charge in [0.15, 0.2) is 5.76 Å². The van der Waals surface area contributed by atoms with Crippen molar-refractivity contribution in [3.63, 3.8) is 0 Å². The van der Waals surface area contributed by atoms with E-state index in [1.165, 1.54) is 38.5 Å². The number of nitrogens with one attached hydrogen (secondary N) is 1. The van der Waals surface area contributed by atoms with Gasteiger partial charge in [-0.3, -0.25) is 4.90 Å². The lowest BCUT2D eigenvalue weighted by Crippen LogP contribution is -2.58. The molecule has 0 spiro atoms. The minimum absolute atomic E-state index is 0.621. The number of piperazine rings is 1. The highest BCUT2D eigenvalue weighted by atomic mass is 16.5. The number of hydrogen-bond acceptors (Lipinski definition) is 4. The SMILES string of the molecule is CCC1CNC(C2CCCCC2)CN1Cc1cc(C)no1. The fourth-order valence-corrected chi connectivity index (χ4v) is 4.02. The largest absolute Gasteiger partial charge is 0.360 e. The lowest BCUT2D eigenvalue weighted by Gasteiger charge is -2.43. The molecule has 3 rings (SSSR count). The maximum Gasteiger partial charge on any atom is 0.150 e. The Morgan fingerprint density at radius 2 is 2.14 bits per heavy atom. The van der Waals surface area contributed by atoms with Gasteiger partial charge in [-0.15, -0.1) is 0 Å². The summed E-state index contributed by atoms with van der Waals surface area (Å²) in [5.41, 5.74) is 0.983. The first kappa shape index (κ1) is 15.0. The van der Waals surface area contributed by atoms with E-state index in [2.05, 4.69) is 28.4 Å². The summed E-state index contributed by atoms with van der Waals surface area (Å²) >= 11 is 0. The second kappa shape index (κ2) is 6.93. The fourth-order valence-electron chi connectivity index (χ4n) is 4.02. The zero-order valence-corrected chi connectivity index (χ0v) is 13.5. The van der Waals surface area contributed by atoms with Gasteiger partial charge in [0.2, 0.25) is 0 Å². The Kier molecular flexibility index (Phi) is 4.96. The molecule has 0 radical (unpaired) electrons. The predicted octanol–water partition coefficient (Wildman–Crippen LogP) is 3.12. The van der Waals surface area contributed by atoms with Crippen LogP contribution in [0, 0.1) is 12.8 Å². The Morgan fingerprint density at radius 1 is 1.33 bits per heavy atom. The van der Waals surface area contributed by atoms with Crippen molar-refractivity contribution >= 4 is 0 Å². The van der Waals surface area contributed by atoms with Crippen molar-refractivity contribution in [3.05, 3.63) is 17.5 Å². The van der Waals surface area contributed by atoms with Gasteiger partial charge >= 0.3 is 0 Å². The zero-order chi connectivity index (χ0) is 14.7. The summed E-state index contributed by atoms with van der Waals surface area (Å²) in [5.74, 6) is 1.88. The Morgan fingerprint density at radius 3 is 2.81 bits per heavy atom. The molecule has 1 aromatic rings. The molecular weight excluding hydrogens is 262 g/mol. The molecule has 21 heavy (non-hydrogen) atoms. The van der Waals surface area contributed by atoms with Crippen molar-refractivity contribution in [1.82, 2.24) is 15.4 Å². The third-order valence-electron chi connectivity index (χ3n) is 5.29. The van der Waals surface area contributed by atoms with Crippen LogP contribution in [0.2, 0.25) is 0 Å². The number of aromatic nitrogens is 1. The molecule has 1 N–H and O–H groups in total. The molecule has 1 saturated carbocycles. The van der Waals surface area contributed by atoms with Crippen LogP contribution >= 0.6 is 0 Å². The van der Waals surface area contributed by atoms with Gasteiger partial charge in [-0.25, -0.2) is 0 Å². The van der Waals surface area contributed by atoms with E-state index in [1.807, 2.05) is 6.92 Å². The predicted molar refractivity (Wildman–Crippen MR) is 84.1 cm³/mol. The van der Waals surface area contributed by atoms with Gasteiger partial charge < -0.3 is 9.84 Å². The molecule has 1 aliphatic carbocycles. The van der Waals surface area contributed by atoms with Crippen LogP contribution in [0.1, 0.15) is 56.9 Å². The second-order valence-electron chi connectivity index (χ2n) is 6.84. The second-order valence-corrected chi connectivity index (χ2v) is 6.84. The summed E-state index contributed by atoms with van der Waals surface area (Å²) in [6.07, 6.45) is 8.27. The van der Waals surface area contributed by atoms with E-state index in [9.17, 15) is 0 Å². The molecule has 4 nitrogen and oxygen atoms in total. The van der Waals surface area contributed by atoms with Crippen molar-refractivity contribution in [2.24, 2.45) is 5.92 Å². The molecule has 118 valence electrons. The maximum atomic E-state index is 5.43. The van der Waals surface area contributed by atoms with E-state index >= 15 is 0 Å². The van der Waals surface area contributed by atoms with E-state index in [4.69, 9.17) is 4.52 Å². The van der Waals surface area contributed by atoms with Gasteiger partial charge in [-0.1, -0.05) is 31.3 Å². The average molecular weight is 291 g/mol. The van der Waals surface area contributed by atoms with Crippen LogP contribution in [0.5, 0.6) is 0 Å². The van der Waals surface area contributed by atoms with Crippen molar-refractivity contribution < 1.29 is 4.52 Å². The summed E-state index contributed by atoms with van der Waals surface area (Å²) in [5, 5.41) is 7.85. The van der Waals surface area contributed by atoms with E-state index in [-0.39, 0.29) is 0 Å². The van der Waals surface area contributed by atoms with Crippen LogP contribution in [0.15, 0.2) is 10.6 Å². The monoisotopic (exact) mass is 291 g/mol. The summed E-state index contributed by atoms with van der Waals surface area (Å²) in [4.78, 5) is 2.61. The summed E-state index contributed by atoms with van der Waals surface area (Å²) in [6.45, 7) is 7.46. The van der Waals surface area contributed by atoms with Gasteiger partial charge in [0.05, 0.1) is 12.2 Å². The van der Waals surface area contributed by atoms with E-state index in [1.54, 1.807) is 0 Å². The maximum absolute atomic E-state index is 5.43. The quantitative estimate of drug-likeness (QED) is 0.925. The van der Waals surface area contributed by atoms with Crippen molar-refractivity contribution in [2.45, 2.75) is 71.0 Å². The molecule has 0 aromatic carbocycles. The smallest absolute Gasteiger partial charge is 0.150 e. The third kappa shape index (κ3) is 3.67. The zero-order valence-electron chi connectivity index (χ0n) is 13.5. The highest BCUT2D eigenvalue weighted by Gasteiger charge is 2.32. The summed E-state index contributed by atoms with van der Waals surface area (Å²) in [6, 6.07) is 3.36. The Labute approximate surface area is 128 Å². The number of rotatable bonds is 4. The topological polar surface area (TPSA) is 41.3 Å². The van der Waals surface area contributed by atoms with E-state index in [0.29, 0.717) is 12.1 Å². The average Bonchev–Trinajstić information content (AvgIpc) is 2.93. The lowest BCUT2D eigenvalue weighted by atomic mass is 9.82. The number of aryl methyl sites for hydroxylation is 1. The highest BCUT2D eigenvalue weighted by Crippen LogP contribution is 2.29. The van der Waals surface area contributed by atoms with Crippen LogP contribution in [-0.4, -0.2) is 35.2 Å². The first-order valence-corrected chi connectivity index (χ1v) is 8.66. The standard InChI is InChI=1S/C17H29N3O/c1-3-15-10-18-17(14-7-5-4-6-8-14)12-20(15)11-16-9-13(2)19-21-16/h9,14-15,17-18H,3-8,10-12H2,1-2H3. The molecular formula is C17H29N3O. The van der Waals surface area contributed by atoms with Crippen LogP contribution in [0.4, 0.5) is 0 Å². The third-order valence-corrected chi connectivity index (χ3v) is 5.29. The molecule has 2 atom stereocenters. The number of hydrogen-bond donors (Lipinski definition) is 1. The van der Waals surface area contributed by atoms with Crippen LogP contribution < -0.4 is 5.32 Å². The molecule has 4 heteroatoms. The number of nitrogens with zero attached hydrogens (tertiary/aromatic N) is 2. The molecule has 1 saturated heterocycles. The Hall–Kier alpha value is -0.870. The van der Waals surface area contributed by atoms with E-state index < -0.39 is 0 Å². The van der Waals surface area contributed by atoms with Crippen LogP contribution in [-0.2, 0) is 6.54 Å². The van der Waals surface area contributed by atoms with Crippen LogP contribution in [0.25, 0.3) is 0 Å². The van der Waals surface area contributed by atoms with E-state index in [0.717, 1.165) is 37.0 Å². The van der Waals surface area contributed by atoms with Crippen molar-refractivity contribution in [1.29, 1.82) is 0 Å². The van der Waals surface area contributed by atoms with Crippen molar-refractivity contribution in [3.8, 4) is 0 Å². The van der Waals surface area contributed by atoms with Gasteiger partial charge in [0.1, 0.15) is 0 Å². The molecule has 2 aliphatic rings. The molecule has 2 fully saturated rings. The van der Waals surface area contributed by atoms with Gasteiger partial charge in [0.25, 0.3) is 0 Å². The van der Waals surface area contributed by atoms with Gasteiger partial charge in [0, 0.05) is 31.2 Å². The molecule has 2 heterocycles. The molecule has 2 unspecified atom stereocenters. The van der Waals surface area contributed by atoms with Crippen molar-refractivity contribution in [2.75, 3.05) is 13.1 Å². The minimum atomic E-state index is 0.621. The Bertz CT molecular complexity index is 439. The first-order valence-electron chi connectivity index (χ1n) is 8.66. The normalized spacial score (nSPS) is 28.9. The summed E-state index contributed by atoms with van der Waals surface area (Å²) in [7, 11) is 0. The minimum Gasteiger partial charge on any atom is -0.360 e. The Balaban J connectivity index is 1.63. The summed E-state index contributed by atoms with van der Waals surface area (Å²) < 4.78 is 5.43.